The zero-order chi connectivity index (χ0) is 23.7. The number of nitrogens with zero attached hydrogens (tertiary/aromatic N) is 5. The molecule has 34 heavy (non-hydrogen) atoms. The van der Waals surface area contributed by atoms with E-state index < -0.39 is 20.6 Å². The predicted octanol–water partition coefficient (Wildman–Crippen LogP) is 4.18. The summed E-state index contributed by atoms with van der Waals surface area (Å²) in [6, 6.07) is 14.3. The maximum atomic E-state index is 12.9. The summed E-state index contributed by atoms with van der Waals surface area (Å²) >= 11 is 0. The first-order valence-electron chi connectivity index (χ1n) is 10.6. The normalized spacial score (nSPS) is 14.4. The van der Waals surface area contributed by atoms with Gasteiger partial charge in [0.1, 0.15) is 0 Å². The van der Waals surface area contributed by atoms with E-state index in [1.807, 2.05) is 6.07 Å². The van der Waals surface area contributed by atoms with Gasteiger partial charge in [-0.1, -0.05) is 12.1 Å². The minimum absolute atomic E-state index is 0.114. The van der Waals surface area contributed by atoms with Crippen molar-refractivity contribution in [3.63, 3.8) is 0 Å². The molecule has 1 aliphatic rings. The number of hydrogen-bond acceptors (Lipinski definition) is 8. The fourth-order valence-electron chi connectivity index (χ4n) is 3.82. The molecule has 0 saturated carbocycles. The van der Waals surface area contributed by atoms with Crippen LogP contribution in [0.1, 0.15) is 12.8 Å². The average molecular weight is 478 g/mol. The number of ether oxygens (including phenoxy) is 1. The summed E-state index contributed by atoms with van der Waals surface area (Å²) in [5.41, 5.74) is 0.771. The topological polar surface area (TPSA) is 128 Å². The fourth-order valence-corrected chi connectivity index (χ4v) is 5.36. The van der Waals surface area contributed by atoms with E-state index in [1.54, 1.807) is 42.7 Å². The van der Waals surface area contributed by atoms with E-state index in [9.17, 15) is 18.5 Å². The van der Waals surface area contributed by atoms with Crippen LogP contribution in [0.2, 0.25) is 0 Å². The number of sulfonamides is 1. The quantitative estimate of drug-likeness (QED) is 0.299. The van der Waals surface area contributed by atoms with Gasteiger partial charge in [-0.3, -0.25) is 15.1 Å². The Kier molecular flexibility index (Phi) is 5.64. The molecule has 0 amide bonds. The van der Waals surface area contributed by atoms with Crippen molar-refractivity contribution in [2.75, 3.05) is 13.1 Å². The molecule has 0 unspecified atom stereocenters. The smallest absolute Gasteiger partial charge is 0.312 e. The molecular formula is C23H19N5O5S. The van der Waals surface area contributed by atoms with Crippen LogP contribution in [-0.4, -0.2) is 45.7 Å². The van der Waals surface area contributed by atoms with Crippen molar-refractivity contribution in [2.24, 2.45) is 0 Å². The van der Waals surface area contributed by atoms with Crippen LogP contribution < -0.4 is 4.74 Å². The van der Waals surface area contributed by atoms with Crippen molar-refractivity contribution in [1.82, 2.24) is 19.3 Å². The third-order valence-electron chi connectivity index (χ3n) is 5.52. The molecule has 0 spiro atoms. The molecule has 1 aliphatic heterocycles. The van der Waals surface area contributed by atoms with Crippen molar-refractivity contribution in [1.29, 1.82) is 0 Å². The largest absolute Gasteiger partial charge is 0.431 e. The zero-order valence-corrected chi connectivity index (χ0v) is 18.7. The lowest BCUT2D eigenvalue weighted by Crippen LogP contribution is -2.27. The number of para-hydroxylation sites is 1. The van der Waals surface area contributed by atoms with E-state index in [0.717, 1.165) is 18.9 Å². The first-order chi connectivity index (χ1) is 16.4. The Hall–Kier alpha value is -3.96. The minimum Gasteiger partial charge on any atom is -0.431 e. The van der Waals surface area contributed by atoms with Gasteiger partial charge < -0.3 is 4.74 Å². The first kappa shape index (κ1) is 21.9. The number of nitro groups is 1. The van der Waals surface area contributed by atoms with Gasteiger partial charge in [0.2, 0.25) is 21.7 Å². The lowest BCUT2D eigenvalue weighted by Gasteiger charge is -2.16. The van der Waals surface area contributed by atoms with Crippen LogP contribution in [0.3, 0.4) is 0 Å². The van der Waals surface area contributed by atoms with E-state index >= 15 is 0 Å². The summed E-state index contributed by atoms with van der Waals surface area (Å²) in [5, 5.41) is 12.4. The predicted molar refractivity (Wildman–Crippen MR) is 124 cm³/mol. The molecule has 172 valence electrons. The summed E-state index contributed by atoms with van der Waals surface area (Å²) in [6.45, 7) is 0.802. The van der Waals surface area contributed by atoms with Crippen LogP contribution in [0.25, 0.3) is 22.3 Å². The highest BCUT2D eigenvalue weighted by Crippen LogP contribution is 2.37. The van der Waals surface area contributed by atoms with E-state index in [4.69, 9.17) is 4.74 Å². The van der Waals surface area contributed by atoms with E-state index in [-0.39, 0.29) is 16.5 Å². The van der Waals surface area contributed by atoms with E-state index in [2.05, 4.69) is 15.0 Å². The molecule has 4 aromatic rings. The first-order valence-corrected chi connectivity index (χ1v) is 12.0. The molecule has 0 aliphatic carbocycles. The van der Waals surface area contributed by atoms with Crippen LogP contribution in [0.5, 0.6) is 11.6 Å². The second kappa shape index (κ2) is 8.76. The molecule has 0 radical (unpaired) electrons. The highest BCUT2D eigenvalue weighted by Gasteiger charge is 2.30. The molecule has 3 heterocycles. The molecule has 10 nitrogen and oxygen atoms in total. The summed E-state index contributed by atoms with van der Waals surface area (Å²) in [6.07, 6.45) is 4.77. The summed E-state index contributed by atoms with van der Waals surface area (Å²) in [5.74, 6) is 0.340. The number of rotatable bonds is 6. The third kappa shape index (κ3) is 4.06. The second-order valence-corrected chi connectivity index (χ2v) is 9.65. The summed E-state index contributed by atoms with van der Waals surface area (Å²) < 4.78 is 33.0. The van der Waals surface area contributed by atoms with Crippen molar-refractivity contribution < 1.29 is 18.1 Å². The summed E-state index contributed by atoms with van der Waals surface area (Å²) in [4.78, 5) is 24.1. The van der Waals surface area contributed by atoms with Gasteiger partial charge >= 0.3 is 5.69 Å². The van der Waals surface area contributed by atoms with Crippen molar-refractivity contribution in [2.45, 2.75) is 17.7 Å². The number of nitro benzene ring substituents is 1. The van der Waals surface area contributed by atoms with Crippen LogP contribution >= 0.6 is 0 Å². The second-order valence-electron chi connectivity index (χ2n) is 7.71. The number of hydrogen-bond donors (Lipinski definition) is 0. The minimum atomic E-state index is -3.82. The number of aromatic nitrogens is 3. The molecule has 1 fully saturated rings. The lowest BCUT2D eigenvalue weighted by molar-refractivity contribution is -0.385. The van der Waals surface area contributed by atoms with Gasteiger partial charge in [-0.05, 0) is 49.2 Å². The lowest BCUT2D eigenvalue weighted by atomic mass is 10.2. The Morgan fingerprint density at radius 1 is 1.00 bits per heavy atom. The number of benzene rings is 2. The van der Waals surface area contributed by atoms with Gasteiger partial charge in [0, 0.05) is 37.1 Å². The van der Waals surface area contributed by atoms with Gasteiger partial charge in [0.05, 0.1) is 20.7 Å². The molecule has 2 aromatic carbocycles. The van der Waals surface area contributed by atoms with Gasteiger partial charge in [-0.2, -0.15) is 9.29 Å². The standard InChI is InChI=1S/C23H19N5O5S/c29-28(30)20-14-17(34(31,32)27-12-3-4-13-27)9-10-21(20)33-23-18-7-1-2-8-19(18)25-22(26-23)16-6-5-11-24-15-16/h1-2,5-11,14-15H,3-4,12-13H2. The van der Waals surface area contributed by atoms with Crippen molar-refractivity contribution >= 4 is 26.6 Å². The van der Waals surface area contributed by atoms with E-state index in [1.165, 1.54) is 16.4 Å². The van der Waals surface area contributed by atoms with Gasteiger partial charge in [0.25, 0.3) is 0 Å². The number of fused-ring (bicyclic) bond motifs is 1. The van der Waals surface area contributed by atoms with Crippen LogP contribution in [0.4, 0.5) is 5.69 Å². The fraction of sp³-hybridized carbons (Fsp3) is 0.174. The third-order valence-corrected chi connectivity index (χ3v) is 7.42. The Morgan fingerprint density at radius 3 is 2.53 bits per heavy atom. The van der Waals surface area contributed by atoms with Crippen molar-refractivity contribution in [3.05, 3.63) is 77.1 Å². The van der Waals surface area contributed by atoms with Gasteiger partial charge in [-0.25, -0.2) is 13.4 Å². The molecule has 0 bridgehead atoms. The maximum Gasteiger partial charge on any atom is 0.312 e. The molecule has 2 aromatic heterocycles. The zero-order valence-electron chi connectivity index (χ0n) is 17.9. The van der Waals surface area contributed by atoms with Crippen LogP contribution in [-0.2, 0) is 10.0 Å². The molecular weight excluding hydrogens is 458 g/mol. The molecule has 1 saturated heterocycles. The Bertz CT molecular complexity index is 1490. The Morgan fingerprint density at radius 2 is 1.79 bits per heavy atom. The van der Waals surface area contributed by atoms with Gasteiger partial charge in [0.15, 0.2) is 5.82 Å². The number of pyridine rings is 1. The monoisotopic (exact) mass is 477 g/mol. The van der Waals surface area contributed by atoms with Crippen molar-refractivity contribution in [3.8, 4) is 23.0 Å². The molecule has 11 heteroatoms. The van der Waals surface area contributed by atoms with Gasteiger partial charge in [-0.15, -0.1) is 0 Å². The molecule has 0 atom stereocenters. The van der Waals surface area contributed by atoms with Crippen LogP contribution in [0.15, 0.2) is 71.9 Å². The average Bonchev–Trinajstić information content (AvgIpc) is 3.41. The molecule has 0 N–H and O–H groups in total. The Balaban J connectivity index is 1.59. The van der Waals surface area contributed by atoms with E-state index in [0.29, 0.717) is 35.4 Å². The molecule has 5 rings (SSSR count). The maximum absolute atomic E-state index is 12.9. The highest BCUT2D eigenvalue weighted by molar-refractivity contribution is 7.89. The summed E-state index contributed by atoms with van der Waals surface area (Å²) in [7, 11) is -3.82. The Labute approximate surface area is 195 Å². The van der Waals surface area contributed by atoms with Crippen LogP contribution in [0, 0.1) is 10.1 Å². The highest BCUT2D eigenvalue weighted by atomic mass is 32.2. The SMILES string of the molecule is O=[N+]([O-])c1cc(S(=O)(=O)N2CCCC2)ccc1Oc1nc(-c2cccnc2)nc2ccccc12.